The van der Waals surface area contributed by atoms with E-state index in [9.17, 15) is 13.2 Å². The normalized spacial score (nSPS) is 17.0. The van der Waals surface area contributed by atoms with Crippen LogP contribution >= 0.6 is 11.3 Å². The SMILES string of the molecule is O=C(c1ccc(S(=O)(=O)NCCc2cccs2)cc1)N(CC1CC1)C1CC1. The van der Waals surface area contributed by atoms with Crippen molar-refractivity contribution < 1.29 is 13.2 Å². The Labute approximate surface area is 164 Å². The van der Waals surface area contributed by atoms with Crippen molar-refractivity contribution >= 4 is 27.3 Å². The van der Waals surface area contributed by atoms with Gasteiger partial charge in [-0.25, -0.2) is 13.1 Å². The maximum Gasteiger partial charge on any atom is 0.254 e. The molecule has 2 aliphatic rings. The number of hydrogen-bond acceptors (Lipinski definition) is 4. The van der Waals surface area contributed by atoms with Crippen LogP contribution in [0.2, 0.25) is 0 Å². The first-order valence-electron chi connectivity index (χ1n) is 9.46. The van der Waals surface area contributed by atoms with Crippen LogP contribution in [0.4, 0.5) is 0 Å². The first-order valence-corrected chi connectivity index (χ1v) is 11.8. The van der Waals surface area contributed by atoms with Gasteiger partial charge in [-0.05, 0) is 73.7 Å². The number of nitrogens with one attached hydrogen (secondary N) is 1. The third-order valence-corrected chi connectivity index (χ3v) is 7.47. The summed E-state index contributed by atoms with van der Waals surface area (Å²) in [4.78, 5) is 16.1. The van der Waals surface area contributed by atoms with Crippen LogP contribution in [0.5, 0.6) is 0 Å². The summed E-state index contributed by atoms with van der Waals surface area (Å²) in [5.41, 5.74) is 0.570. The average Bonchev–Trinajstić information content (AvgIpc) is 3.59. The molecule has 0 radical (unpaired) electrons. The van der Waals surface area contributed by atoms with Crippen LogP contribution in [0.3, 0.4) is 0 Å². The predicted molar refractivity (Wildman–Crippen MR) is 106 cm³/mol. The Morgan fingerprint density at radius 3 is 2.44 bits per heavy atom. The topological polar surface area (TPSA) is 66.5 Å². The molecule has 1 aromatic carbocycles. The van der Waals surface area contributed by atoms with Gasteiger partial charge >= 0.3 is 0 Å². The highest BCUT2D eigenvalue weighted by molar-refractivity contribution is 7.89. The highest BCUT2D eigenvalue weighted by Gasteiger charge is 2.36. The number of hydrogen-bond donors (Lipinski definition) is 1. The van der Waals surface area contributed by atoms with Crippen LogP contribution < -0.4 is 4.72 Å². The predicted octanol–water partition coefficient (Wildman–Crippen LogP) is 3.28. The van der Waals surface area contributed by atoms with Crippen LogP contribution in [-0.4, -0.2) is 38.4 Å². The summed E-state index contributed by atoms with van der Waals surface area (Å²) in [7, 11) is -3.56. The molecule has 4 rings (SSSR count). The van der Waals surface area contributed by atoms with Crippen LogP contribution in [0.1, 0.15) is 40.9 Å². The molecule has 7 heteroatoms. The van der Waals surface area contributed by atoms with Gasteiger partial charge in [-0.1, -0.05) is 6.07 Å². The Hall–Kier alpha value is -1.70. The molecule has 1 aromatic heterocycles. The molecule has 1 amide bonds. The van der Waals surface area contributed by atoms with Gasteiger partial charge in [-0.15, -0.1) is 11.3 Å². The van der Waals surface area contributed by atoms with E-state index in [1.807, 2.05) is 22.4 Å². The quantitative estimate of drug-likeness (QED) is 0.697. The average molecular weight is 405 g/mol. The van der Waals surface area contributed by atoms with Gasteiger partial charge in [0.05, 0.1) is 4.90 Å². The first-order chi connectivity index (χ1) is 13.0. The third-order valence-electron chi connectivity index (χ3n) is 5.06. The standard InChI is InChI=1S/C20H24N2O3S2/c23-20(22(17-7-8-17)14-15-3-4-15)16-5-9-19(10-6-16)27(24,25)21-12-11-18-2-1-13-26-18/h1-2,5-6,9-10,13,15,17,21H,3-4,7-8,11-12,14H2. The summed E-state index contributed by atoms with van der Waals surface area (Å²) in [6.45, 7) is 1.20. The molecule has 27 heavy (non-hydrogen) atoms. The zero-order valence-corrected chi connectivity index (χ0v) is 16.8. The Morgan fingerprint density at radius 2 is 1.85 bits per heavy atom. The molecule has 2 aromatic rings. The molecule has 144 valence electrons. The summed E-state index contributed by atoms with van der Waals surface area (Å²) < 4.78 is 27.5. The first kappa shape index (κ1) is 18.7. The van der Waals surface area contributed by atoms with E-state index in [-0.39, 0.29) is 10.8 Å². The largest absolute Gasteiger partial charge is 0.335 e. The number of amides is 1. The fourth-order valence-corrected chi connectivity index (χ4v) is 4.89. The Bertz CT molecular complexity index is 884. The molecule has 0 spiro atoms. The summed E-state index contributed by atoms with van der Waals surface area (Å²) >= 11 is 1.62. The number of carbonyl (C=O) groups is 1. The summed E-state index contributed by atoms with van der Waals surface area (Å²) in [5.74, 6) is 0.681. The zero-order valence-electron chi connectivity index (χ0n) is 15.1. The van der Waals surface area contributed by atoms with E-state index in [1.54, 1.807) is 23.5 Å². The lowest BCUT2D eigenvalue weighted by Gasteiger charge is -2.22. The lowest BCUT2D eigenvalue weighted by Crippen LogP contribution is -2.35. The molecular formula is C20H24N2O3S2. The van der Waals surface area contributed by atoms with Crippen LogP contribution in [0, 0.1) is 5.92 Å². The monoisotopic (exact) mass is 404 g/mol. The van der Waals surface area contributed by atoms with E-state index in [0.29, 0.717) is 30.5 Å². The number of benzene rings is 1. The van der Waals surface area contributed by atoms with Crippen molar-refractivity contribution in [2.45, 2.75) is 43.0 Å². The second-order valence-electron chi connectivity index (χ2n) is 7.38. The van der Waals surface area contributed by atoms with Crippen LogP contribution in [0.25, 0.3) is 0 Å². The molecule has 0 unspecified atom stereocenters. The lowest BCUT2D eigenvalue weighted by atomic mass is 10.2. The Kier molecular flexibility index (Phi) is 5.34. The minimum Gasteiger partial charge on any atom is -0.335 e. The van der Waals surface area contributed by atoms with E-state index >= 15 is 0 Å². The molecule has 0 aliphatic heterocycles. The van der Waals surface area contributed by atoms with Gasteiger partial charge in [0.2, 0.25) is 10.0 Å². The van der Waals surface area contributed by atoms with Crippen molar-refractivity contribution in [3.8, 4) is 0 Å². The van der Waals surface area contributed by atoms with Crippen molar-refractivity contribution in [3.63, 3.8) is 0 Å². The highest BCUT2D eigenvalue weighted by atomic mass is 32.2. The lowest BCUT2D eigenvalue weighted by molar-refractivity contribution is 0.0734. The summed E-state index contributed by atoms with van der Waals surface area (Å²) in [6, 6.07) is 10.7. The summed E-state index contributed by atoms with van der Waals surface area (Å²) in [6.07, 6.45) is 5.26. The molecular weight excluding hydrogens is 380 g/mol. The fourth-order valence-electron chi connectivity index (χ4n) is 3.15. The Morgan fingerprint density at radius 1 is 1.11 bits per heavy atom. The highest BCUT2D eigenvalue weighted by Crippen LogP contribution is 2.35. The second kappa shape index (κ2) is 7.73. The van der Waals surface area contributed by atoms with Gasteiger partial charge in [0.25, 0.3) is 5.91 Å². The van der Waals surface area contributed by atoms with Crippen molar-refractivity contribution in [2.75, 3.05) is 13.1 Å². The number of sulfonamides is 1. The van der Waals surface area contributed by atoms with Crippen molar-refractivity contribution in [1.82, 2.24) is 9.62 Å². The number of carbonyl (C=O) groups excluding carboxylic acids is 1. The minimum absolute atomic E-state index is 0.0269. The van der Waals surface area contributed by atoms with Crippen molar-refractivity contribution in [1.29, 1.82) is 0 Å². The van der Waals surface area contributed by atoms with Gasteiger partial charge in [0.1, 0.15) is 0 Å². The molecule has 5 nitrogen and oxygen atoms in total. The van der Waals surface area contributed by atoms with Crippen LogP contribution in [0.15, 0.2) is 46.7 Å². The number of thiophene rings is 1. The number of rotatable bonds is 9. The van der Waals surface area contributed by atoms with E-state index in [4.69, 9.17) is 0 Å². The van der Waals surface area contributed by atoms with E-state index in [0.717, 1.165) is 24.3 Å². The summed E-state index contributed by atoms with van der Waals surface area (Å²) in [5, 5.41) is 1.98. The molecule has 2 fully saturated rings. The molecule has 0 saturated heterocycles. The van der Waals surface area contributed by atoms with E-state index in [2.05, 4.69) is 4.72 Å². The minimum atomic E-state index is -3.56. The smallest absolute Gasteiger partial charge is 0.254 e. The third kappa shape index (κ3) is 4.78. The van der Waals surface area contributed by atoms with Crippen molar-refractivity contribution in [3.05, 3.63) is 52.2 Å². The Balaban J connectivity index is 1.38. The van der Waals surface area contributed by atoms with E-state index < -0.39 is 10.0 Å². The number of nitrogens with zero attached hydrogens (tertiary/aromatic N) is 1. The molecule has 0 bridgehead atoms. The molecule has 1 heterocycles. The van der Waals surface area contributed by atoms with Crippen LogP contribution in [-0.2, 0) is 16.4 Å². The maximum atomic E-state index is 12.8. The maximum absolute atomic E-state index is 12.8. The van der Waals surface area contributed by atoms with E-state index in [1.165, 1.54) is 25.0 Å². The van der Waals surface area contributed by atoms with Gasteiger partial charge in [0, 0.05) is 29.6 Å². The van der Waals surface area contributed by atoms with Gasteiger partial charge < -0.3 is 4.90 Å². The zero-order chi connectivity index (χ0) is 18.9. The molecule has 2 saturated carbocycles. The van der Waals surface area contributed by atoms with Gasteiger partial charge in [-0.3, -0.25) is 4.79 Å². The van der Waals surface area contributed by atoms with Gasteiger partial charge in [-0.2, -0.15) is 0 Å². The molecule has 0 atom stereocenters. The fraction of sp³-hybridized carbons (Fsp3) is 0.450. The molecule has 1 N–H and O–H groups in total. The second-order valence-corrected chi connectivity index (χ2v) is 10.2. The van der Waals surface area contributed by atoms with Crippen molar-refractivity contribution in [2.24, 2.45) is 5.92 Å². The van der Waals surface area contributed by atoms with Gasteiger partial charge in [0.15, 0.2) is 0 Å². The molecule has 2 aliphatic carbocycles.